The van der Waals surface area contributed by atoms with Gasteiger partial charge in [0.15, 0.2) is 5.96 Å². The van der Waals surface area contributed by atoms with Crippen molar-refractivity contribution in [1.29, 1.82) is 0 Å². The third-order valence-electron chi connectivity index (χ3n) is 4.24. The molecule has 2 rings (SSSR count). The molecule has 0 aliphatic carbocycles. The van der Waals surface area contributed by atoms with Gasteiger partial charge < -0.3 is 15.4 Å². The van der Waals surface area contributed by atoms with Crippen molar-refractivity contribution in [2.24, 2.45) is 4.99 Å². The highest BCUT2D eigenvalue weighted by Gasteiger charge is 2.24. The fourth-order valence-corrected chi connectivity index (χ4v) is 4.55. The van der Waals surface area contributed by atoms with E-state index in [1.807, 2.05) is 51.1 Å². The maximum atomic E-state index is 12.8. The first-order valence-electron chi connectivity index (χ1n) is 9.84. The molecule has 0 aliphatic heterocycles. The standard InChI is InChI=1S/C22H32N4O3S.HI/c1-22(2,3)26-30(27,28)20-9-7-6-8-18(20)16-25-21(23-4)24-15-14-17-10-12-19(29-5)13-11-17;/h6-13,26H,14-16H2,1-5H3,(H2,23,24,25);1H. The summed E-state index contributed by atoms with van der Waals surface area (Å²) in [4.78, 5) is 4.49. The summed E-state index contributed by atoms with van der Waals surface area (Å²) in [5.74, 6) is 1.44. The van der Waals surface area contributed by atoms with Crippen LogP contribution in [0.5, 0.6) is 5.75 Å². The van der Waals surface area contributed by atoms with Crippen molar-refractivity contribution in [2.45, 2.75) is 44.2 Å². The van der Waals surface area contributed by atoms with Crippen molar-refractivity contribution >= 4 is 40.0 Å². The highest BCUT2D eigenvalue weighted by Crippen LogP contribution is 2.17. The first kappa shape index (κ1) is 27.2. The zero-order valence-electron chi connectivity index (χ0n) is 18.7. The van der Waals surface area contributed by atoms with Crippen LogP contribution in [0.4, 0.5) is 0 Å². The lowest BCUT2D eigenvalue weighted by molar-refractivity contribution is 0.414. The first-order valence-corrected chi connectivity index (χ1v) is 11.3. The molecule has 3 N–H and O–H groups in total. The molecule has 0 heterocycles. The number of ether oxygens (including phenoxy) is 1. The van der Waals surface area contributed by atoms with Crippen LogP contribution in [0.3, 0.4) is 0 Å². The molecular formula is C22H33IN4O3S. The van der Waals surface area contributed by atoms with Crippen LogP contribution in [0.25, 0.3) is 0 Å². The van der Waals surface area contributed by atoms with Crippen LogP contribution in [0, 0.1) is 0 Å². The molecule has 7 nitrogen and oxygen atoms in total. The van der Waals surface area contributed by atoms with Crippen molar-refractivity contribution in [2.75, 3.05) is 20.7 Å². The number of hydrogen-bond acceptors (Lipinski definition) is 4. The van der Waals surface area contributed by atoms with E-state index in [-0.39, 0.29) is 28.9 Å². The second kappa shape index (κ2) is 12.3. The van der Waals surface area contributed by atoms with Crippen molar-refractivity contribution in [1.82, 2.24) is 15.4 Å². The van der Waals surface area contributed by atoms with Gasteiger partial charge >= 0.3 is 0 Å². The average molecular weight is 561 g/mol. The van der Waals surface area contributed by atoms with Gasteiger partial charge in [0, 0.05) is 25.7 Å². The average Bonchev–Trinajstić information content (AvgIpc) is 2.69. The van der Waals surface area contributed by atoms with Crippen LogP contribution in [-0.2, 0) is 23.0 Å². The predicted molar refractivity (Wildman–Crippen MR) is 137 cm³/mol. The summed E-state index contributed by atoms with van der Waals surface area (Å²) in [6.45, 7) is 6.49. The number of aliphatic imine (C=N–C) groups is 1. The quantitative estimate of drug-likeness (QED) is 0.262. The molecule has 0 saturated carbocycles. The molecule has 0 saturated heterocycles. The fraction of sp³-hybridized carbons (Fsp3) is 0.409. The molecule has 0 amide bonds. The number of sulfonamides is 1. The number of guanidine groups is 1. The summed E-state index contributed by atoms with van der Waals surface area (Å²) in [5.41, 5.74) is 1.30. The third-order valence-corrected chi connectivity index (χ3v) is 6.10. The molecule has 0 aliphatic rings. The highest BCUT2D eigenvalue weighted by molar-refractivity contribution is 14.0. The van der Waals surface area contributed by atoms with Crippen LogP contribution < -0.4 is 20.1 Å². The van der Waals surface area contributed by atoms with Gasteiger partial charge in [-0.2, -0.15) is 0 Å². The summed E-state index contributed by atoms with van der Waals surface area (Å²) in [6.07, 6.45) is 0.825. The fourth-order valence-electron chi connectivity index (χ4n) is 2.89. The second-order valence-corrected chi connectivity index (χ2v) is 9.56. The minimum atomic E-state index is -3.62. The minimum absolute atomic E-state index is 0. The molecule has 0 fully saturated rings. The number of nitrogens with one attached hydrogen (secondary N) is 3. The number of nitrogens with zero attached hydrogens (tertiary/aromatic N) is 1. The lowest BCUT2D eigenvalue weighted by Crippen LogP contribution is -2.41. The Labute approximate surface area is 203 Å². The van der Waals surface area contributed by atoms with Gasteiger partial charge in [-0.05, 0) is 56.5 Å². The molecule has 0 radical (unpaired) electrons. The number of hydrogen-bond donors (Lipinski definition) is 3. The van der Waals surface area contributed by atoms with E-state index in [0.29, 0.717) is 24.6 Å². The molecule has 0 bridgehead atoms. The molecule has 2 aromatic rings. The van der Waals surface area contributed by atoms with Crippen LogP contribution >= 0.6 is 24.0 Å². The number of methoxy groups -OCH3 is 1. The molecular weight excluding hydrogens is 527 g/mol. The molecule has 9 heteroatoms. The normalized spacial score (nSPS) is 12.1. The van der Waals surface area contributed by atoms with Gasteiger partial charge in [0.05, 0.1) is 12.0 Å². The van der Waals surface area contributed by atoms with E-state index in [1.54, 1.807) is 32.4 Å². The molecule has 172 valence electrons. The zero-order chi connectivity index (χ0) is 22.2. The monoisotopic (exact) mass is 560 g/mol. The van der Waals surface area contributed by atoms with Gasteiger partial charge in [0.1, 0.15) is 5.75 Å². The Morgan fingerprint density at radius 1 is 1.03 bits per heavy atom. The van der Waals surface area contributed by atoms with Gasteiger partial charge in [-0.15, -0.1) is 24.0 Å². The van der Waals surface area contributed by atoms with Gasteiger partial charge in [-0.1, -0.05) is 30.3 Å². The Hall–Kier alpha value is -1.85. The van der Waals surface area contributed by atoms with E-state index in [9.17, 15) is 8.42 Å². The summed E-state index contributed by atoms with van der Waals surface area (Å²) < 4.78 is 33.4. The van der Waals surface area contributed by atoms with Gasteiger partial charge in [-0.25, -0.2) is 13.1 Å². The van der Waals surface area contributed by atoms with E-state index in [2.05, 4.69) is 20.3 Å². The van der Waals surface area contributed by atoms with Crippen molar-refractivity contribution in [3.8, 4) is 5.75 Å². The molecule has 31 heavy (non-hydrogen) atoms. The van der Waals surface area contributed by atoms with Crippen LogP contribution in [0.1, 0.15) is 31.9 Å². The lowest BCUT2D eigenvalue weighted by Gasteiger charge is -2.22. The molecule has 0 spiro atoms. The zero-order valence-corrected chi connectivity index (χ0v) is 21.9. The Balaban J connectivity index is 0.00000480. The van der Waals surface area contributed by atoms with Crippen molar-refractivity contribution < 1.29 is 13.2 Å². The van der Waals surface area contributed by atoms with Crippen LogP contribution in [0.2, 0.25) is 0 Å². The smallest absolute Gasteiger partial charge is 0.241 e. The first-order chi connectivity index (χ1) is 14.1. The van der Waals surface area contributed by atoms with E-state index >= 15 is 0 Å². The van der Waals surface area contributed by atoms with Gasteiger partial charge in [0.2, 0.25) is 10.0 Å². The van der Waals surface area contributed by atoms with Gasteiger partial charge in [0.25, 0.3) is 0 Å². The molecule has 0 unspecified atom stereocenters. The Kier molecular flexibility index (Phi) is 10.7. The number of halogens is 1. The van der Waals surface area contributed by atoms with Crippen LogP contribution in [0.15, 0.2) is 58.4 Å². The third kappa shape index (κ3) is 9.04. The minimum Gasteiger partial charge on any atom is -0.497 e. The van der Waals surface area contributed by atoms with E-state index in [4.69, 9.17) is 4.74 Å². The maximum Gasteiger partial charge on any atom is 0.241 e. The maximum absolute atomic E-state index is 12.8. The lowest BCUT2D eigenvalue weighted by atomic mass is 10.1. The topological polar surface area (TPSA) is 91.8 Å². The van der Waals surface area contributed by atoms with Gasteiger partial charge in [-0.3, -0.25) is 4.99 Å². The molecule has 0 atom stereocenters. The van der Waals surface area contributed by atoms with Crippen LogP contribution in [-0.4, -0.2) is 40.6 Å². The summed E-state index contributed by atoms with van der Waals surface area (Å²) >= 11 is 0. The Bertz CT molecular complexity index is 955. The number of rotatable bonds is 8. The number of benzene rings is 2. The van der Waals surface area contributed by atoms with Crippen molar-refractivity contribution in [3.63, 3.8) is 0 Å². The predicted octanol–water partition coefficient (Wildman–Crippen LogP) is 3.30. The van der Waals surface area contributed by atoms with Crippen molar-refractivity contribution in [3.05, 3.63) is 59.7 Å². The molecule has 0 aromatic heterocycles. The SMILES string of the molecule is CN=C(NCCc1ccc(OC)cc1)NCc1ccccc1S(=O)(=O)NC(C)(C)C.I. The summed E-state index contributed by atoms with van der Waals surface area (Å²) in [6, 6.07) is 14.9. The largest absolute Gasteiger partial charge is 0.497 e. The summed E-state index contributed by atoms with van der Waals surface area (Å²) in [5, 5.41) is 6.45. The van der Waals surface area contributed by atoms with E-state index < -0.39 is 15.6 Å². The summed E-state index contributed by atoms with van der Waals surface area (Å²) in [7, 11) is -0.288. The molecule has 2 aromatic carbocycles. The Morgan fingerprint density at radius 3 is 2.26 bits per heavy atom. The Morgan fingerprint density at radius 2 is 1.68 bits per heavy atom. The second-order valence-electron chi connectivity index (χ2n) is 7.91. The highest BCUT2D eigenvalue weighted by atomic mass is 127. The van der Waals surface area contributed by atoms with E-state index in [1.165, 1.54) is 5.56 Å². The van der Waals surface area contributed by atoms with E-state index in [0.717, 1.165) is 12.2 Å².